The molecule has 2 saturated heterocycles. The molecule has 0 aromatic heterocycles. The van der Waals surface area contributed by atoms with Gasteiger partial charge in [0.1, 0.15) is 6.61 Å². The molecule has 9 heteroatoms. The van der Waals surface area contributed by atoms with E-state index in [1.54, 1.807) is 6.07 Å². The van der Waals surface area contributed by atoms with E-state index in [0.717, 1.165) is 17.7 Å². The van der Waals surface area contributed by atoms with Crippen molar-refractivity contribution in [1.82, 2.24) is 4.90 Å². The predicted octanol–water partition coefficient (Wildman–Crippen LogP) is 3.96. The van der Waals surface area contributed by atoms with E-state index in [1.165, 1.54) is 11.0 Å². The Labute approximate surface area is 182 Å². The van der Waals surface area contributed by atoms with Crippen molar-refractivity contribution in [2.45, 2.75) is 43.3 Å². The van der Waals surface area contributed by atoms with Gasteiger partial charge in [0.2, 0.25) is 0 Å². The molecule has 0 aliphatic carbocycles. The van der Waals surface area contributed by atoms with Crippen molar-refractivity contribution in [3.05, 3.63) is 70.8 Å². The molecule has 2 aromatic rings. The van der Waals surface area contributed by atoms with E-state index in [4.69, 9.17) is 14.7 Å². The van der Waals surface area contributed by atoms with Gasteiger partial charge in [-0.15, -0.1) is 0 Å². The average Bonchev–Trinajstić information content (AvgIpc) is 2.76. The van der Waals surface area contributed by atoms with E-state index < -0.39 is 41.1 Å². The molecule has 2 unspecified atom stereocenters. The highest BCUT2D eigenvalue weighted by molar-refractivity contribution is 5.69. The summed E-state index contributed by atoms with van der Waals surface area (Å²) in [5.74, 6) is 0. The van der Waals surface area contributed by atoms with Gasteiger partial charge in [-0.1, -0.05) is 36.4 Å². The molecule has 6 nitrogen and oxygen atoms in total. The van der Waals surface area contributed by atoms with E-state index in [2.05, 4.69) is 0 Å². The summed E-state index contributed by atoms with van der Waals surface area (Å²) in [6, 6.07) is 12.9. The Hall–Kier alpha value is -3.09. The lowest BCUT2D eigenvalue weighted by Crippen LogP contribution is -2.62. The smallest absolute Gasteiger partial charge is 0.417 e. The average molecular weight is 446 g/mol. The van der Waals surface area contributed by atoms with Gasteiger partial charge in [0, 0.05) is 12.8 Å². The summed E-state index contributed by atoms with van der Waals surface area (Å²) in [6.07, 6.45) is -5.29. The minimum Gasteiger partial charge on any atom is -0.445 e. The Bertz CT molecular complexity index is 1020. The fraction of sp³-hybridized carbons (Fsp3) is 0.391. The monoisotopic (exact) mass is 446 g/mol. The zero-order valence-corrected chi connectivity index (χ0v) is 17.0. The molecule has 2 aliphatic heterocycles. The number of nitriles is 1. The number of amides is 1. The van der Waals surface area contributed by atoms with Crippen LogP contribution in [-0.4, -0.2) is 41.4 Å². The minimum absolute atomic E-state index is 0.00681. The lowest BCUT2D eigenvalue weighted by Gasteiger charge is -2.51. The molecule has 32 heavy (non-hydrogen) atoms. The lowest BCUT2D eigenvalue weighted by molar-refractivity contribution is -0.140. The number of ether oxygens (including phenoxy) is 2. The van der Waals surface area contributed by atoms with E-state index in [0.29, 0.717) is 0 Å². The third-order valence-corrected chi connectivity index (χ3v) is 5.95. The zero-order chi connectivity index (χ0) is 22.9. The molecule has 0 spiro atoms. The van der Waals surface area contributed by atoms with Gasteiger partial charge >= 0.3 is 12.3 Å². The summed E-state index contributed by atoms with van der Waals surface area (Å²) >= 11 is 0. The first-order valence-corrected chi connectivity index (χ1v) is 10.1. The molecule has 2 fully saturated rings. The lowest BCUT2D eigenvalue weighted by atomic mass is 9.76. The van der Waals surface area contributed by atoms with Gasteiger partial charge in [-0.25, -0.2) is 4.79 Å². The van der Waals surface area contributed by atoms with Crippen molar-refractivity contribution < 1.29 is 32.5 Å². The molecule has 2 heterocycles. The van der Waals surface area contributed by atoms with Crippen LogP contribution >= 0.6 is 0 Å². The summed E-state index contributed by atoms with van der Waals surface area (Å²) < 4.78 is 51.2. The number of carbonyl (C=O) groups is 1. The first-order valence-electron chi connectivity index (χ1n) is 10.1. The number of aliphatic hydroxyl groups is 1. The summed E-state index contributed by atoms with van der Waals surface area (Å²) in [5.41, 5.74) is -2.29. The fourth-order valence-electron chi connectivity index (χ4n) is 4.47. The number of piperidine rings is 1. The Morgan fingerprint density at radius 3 is 2.44 bits per heavy atom. The van der Waals surface area contributed by atoms with Crippen LogP contribution in [-0.2, 0) is 27.9 Å². The van der Waals surface area contributed by atoms with Gasteiger partial charge in [-0.3, -0.25) is 4.90 Å². The van der Waals surface area contributed by atoms with Crippen molar-refractivity contribution in [3.8, 4) is 6.07 Å². The summed E-state index contributed by atoms with van der Waals surface area (Å²) in [6.45, 7) is 0.370. The molecular weight excluding hydrogens is 425 g/mol. The molecule has 1 amide bonds. The molecule has 2 bridgehead atoms. The minimum atomic E-state index is -4.72. The number of fused-ring (bicyclic) bond motifs is 2. The number of hydrogen-bond acceptors (Lipinski definition) is 5. The summed E-state index contributed by atoms with van der Waals surface area (Å²) in [4.78, 5) is 14.3. The van der Waals surface area contributed by atoms with Crippen molar-refractivity contribution in [2.24, 2.45) is 0 Å². The highest BCUT2D eigenvalue weighted by Gasteiger charge is 2.50. The second-order valence-electron chi connectivity index (χ2n) is 8.10. The normalized spacial score (nSPS) is 25.2. The van der Waals surface area contributed by atoms with Crippen LogP contribution in [0.1, 0.15) is 35.1 Å². The number of morpholine rings is 1. The van der Waals surface area contributed by atoms with E-state index in [9.17, 15) is 23.1 Å². The van der Waals surface area contributed by atoms with E-state index in [1.807, 2.05) is 30.3 Å². The van der Waals surface area contributed by atoms with Gasteiger partial charge in [0.05, 0.1) is 48.1 Å². The maximum absolute atomic E-state index is 13.4. The number of alkyl halides is 3. The van der Waals surface area contributed by atoms with Crippen LogP contribution in [0.3, 0.4) is 0 Å². The topological polar surface area (TPSA) is 82.8 Å². The molecule has 2 aromatic carbocycles. The number of halogens is 3. The second-order valence-corrected chi connectivity index (χ2v) is 8.10. The quantitative estimate of drug-likeness (QED) is 0.772. The van der Waals surface area contributed by atoms with Crippen molar-refractivity contribution in [1.29, 1.82) is 5.26 Å². The highest BCUT2D eigenvalue weighted by Crippen LogP contribution is 2.43. The molecule has 168 valence electrons. The molecule has 0 saturated carbocycles. The van der Waals surface area contributed by atoms with E-state index >= 15 is 0 Å². The summed E-state index contributed by atoms with van der Waals surface area (Å²) in [5, 5.41) is 20.3. The maximum Gasteiger partial charge on any atom is 0.417 e. The van der Waals surface area contributed by atoms with Crippen LogP contribution in [0.4, 0.5) is 18.0 Å². The third-order valence-electron chi connectivity index (χ3n) is 5.95. The van der Waals surface area contributed by atoms with Crippen LogP contribution in [0.5, 0.6) is 0 Å². The first-order chi connectivity index (χ1) is 15.2. The molecule has 0 radical (unpaired) electrons. The van der Waals surface area contributed by atoms with Gasteiger partial charge < -0.3 is 14.6 Å². The summed E-state index contributed by atoms with van der Waals surface area (Å²) in [7, 11) is 0. The Morgan fingerprint density at radius 1 is 1.19 bits per heavy atom. The van der Waals surface area contributed by atoms with Crippen LogP contribution in [0.15, 0.2) is 48.5 Å². The molecule has 4 rings (SSSR count). The van der Waals surface area contributed by atoms with Gasteiger partial charge in [0.15, 0.2) is 0 Å². The Kier molecular flexibility index (Phi) is 5.84. The van der Waals surface area contributed by atoms with Gasteiger partial charge in [0.25, 0.3) is 0 Å². The van der Waals surface area contributed by atoms with Crippen molar-refractivity contribution in [2.75, 3.05) is 13.2 Å². The maximum atomic E-state index is 13.4. The fourth-order valence-corrected chi connectivity index (χ4v) is 4.47. The molecular formula is C23H21F3N2O4. The Morgan fingerprint density at radius 2 is 1.84 bits per heavy atom. The molecule has 2 aliphatic rings. The van der Waals surface area contributed by atoms with Crippen LogP contribution in [0.2, 0.25) is 0 Å². The number of benzene rings is 2. The van der Waals surface area contributed by atoms with Gasteiger partial charge in [-0.2, -0.15) is 18.4 Å². The first kappa shape index (κ1) is 22.1. The standard InChI is InChI=1S/C23H21F3N2O4/c24-23(25,26)20-8-17(7-6-16(20)11-27)22(30)9-18-13-31-14-19(10-22)28(18)21(29)32-12-15-4-2-1-3-5-15/h1-8,18-19,30H,9-10,12-14H2. The number of rotatable bonds is 3. The SMILES string of the molecule is N#Cc1ccc(C2(O)CC3COCC(C2)N3C(=O)OCc2ccccc2)cc1C(F)(F)F. The van der Waals surface area contributed by atoms with Crippen molar-refractivity contribution in [3.63, 3.8) is 0 Å². The van der Waals surface area contributed by atoms with Gasteiger partial charge in [-0.05, 0) is 23.3 Å². The van der Waals surface area contributed by atoms with Crippen LogP contribution in [0, 0.1) is 11.3 Å². The van der Waals surface area contributed by atoms with Crippen LogP contribution < -0.4 is 0 Å². The molecule has 2 atom stereocenters. The Balaban J connectivity index is 1.55. The largest absolute Gasteiger partial charge is 0.445 e. The van der Waals surface area contributed by atoms with Crippen molar-refractivity contribution >= 4 is 6.09 Å². The number of nitrogens with zero attached hydrogens (tertiary/aromatic N) is 2. The third kappa shape index (κ3) is 4.29. The predicted molar refractivity (Wildman–Crippen MR) is 106 cm³/mol. The molecule has 1 N–H and O–H groups in total. The number of carbonyl (C=O) groups excluding carboxylic acids is 1. The zero-order valence-electron chi connectivity index (χ0n) is 17.0. The van der Waals surface area contributed by atoms with Crippen LogP contribution in [0.25, 0.3) is 0 Å². The highest BCUT2D eigenvalue weighted by atomic mass is 19.4. The second kappa shape index (κ2) is 8.45. The number of hydrogen-bond donors (Lipinski definition) is 1. The van der Waals surface area contributed by atoms with E-state index in [-0.39, 0.29) is 38.2 Å².